The first-order valence-electron chi connectivity index (χ1n) is 5.08. The summed E-state index contributed by atoms with van der Waals surface area (Å²) in [5.41, 5.74) is 0. The van der Waals surface area contributed by atoms with Crippen LogP contribution in [0, 0.1) is 5.92 Å². The molecule has 0 aromatic carbocycles. The second-order valence-corrected chi connectivity index (χ2v) is 2.81. The predicted molar refractivity (Wildman–Crippen MR) is 52.0 cm³/mol. The van der Waals surface area contributed by atoms with Gasteiger partial charge < -0.3 is 4.90 Å². The Balaban J connectivity index is 0.000000561. The van der Waals surface area contributed by atoms with Crippen LogP contribution in [0.4, 0.5) is 0 Å². The van der Waals surface area contributed by atoms with Crippen molar-refractivity contribution in [3.8, 4) is 0 Å². The molecule has 0 aliphatic carbocycles. The monoisotopic (exact) mass is 171 g/mol. The molecule has 0 radical (unpaired) electrons. The Kier molecular flexibility index (Phi) is 5.77. The van der Waals surface area contributed by atoms with E-state index in [0.29, 0.717) is 11.8 Å². The molecule has 1 rings (SSSR count). The van der Waals surface area contributed by atoms with E-state index < -0.39 is 0 Å². The van der Waals surface area contributed by atoms with E-state index >= 15 is 0 Å². The molecule has 72 valence electrons. The van der Waals surface area contributed by atoms with Crippen molar-refractivity contribution in [1.82, 2.24) is 4.90 Å². The molecule has 1 atom stereocenters. The Hall–Kier alpha value is -0.530. The van der Waals surface area contributed by atoms with Gasteiger partial charge in [0.2, 0.25) is 5.91 Å². The lowest BCUT2D eigenvalue weighted by Gasteiger charge is -2.12. The van der Waals surface area contributed by atoms with E-state index in [9.17, 15) is 4.79 Å². The zero-order valence-corrected chi connectivity index (χ0v) is 8.76. The van der Waals surface area contributed by atoms with Crippen LogP contribution in [0.25, 0.3) is 0 Å². The number of nitrogens with zero attached hydrogens (tertiary/aromatic N) is 1. The summed E-state index contributed by atoms with van der Waals surface area (Å²) >= 11 is 0. The van der Waals surface area contributed by atoms with Crippen molar-refractivity contribution in [1.29, 1.82) is 0 Å². The standard InChI is InChI=1S/C8H15NO.C2H6/c1-3-7-5-6-9(4-2)8(7)10;1-2/h7H,3-6H2,1-2H3;1-2H3. The normalized spacial score (nSPS) is 22.2. The highest BCUT2D eigenvalue weighted by atomic mass is 16.2. The van der Waals surface area contributed by atoms with Crippen molar-refractivity contribution in [3.05, 3.63) is 0 Å². The van der Waals surface area contributed by atoms with Gasteiger partial charge in [-0.1, -0.05) is 20.8 Å². The van der Waals surface area contributed by atoms with Gasteiger partial charge in [-0.15, -0.1) is 0 Å². The van der Waals surface area contributed by atoms with E-state index in [0.717, 1.165) is 25.9 Å². The van der Waals surface area contributed by atoms with Gasteiger partial charge in [0.15, 0.2) is 0 Å². The predicted octanol–water partition coefficient (Wildman–Crippen LogP) is 2.29. The average molecular weight is 171 g/mol. The van der Waals surface area contributed by atoms with E-state index in [2.05, 4.69) is 6.92 Å². The van der Waals surface area contributed by atoms with Crippen LogP contribution in [0.5, 0.6) is 0 Å². The number of rotatable bonds is 2. The van der Waals surface area contributed by atoms with Gasteiger partial charge in [0.25, 0.3) is 0 Å². The second-order valence-electron chi connectivity index (χ2n) is 2.81. The molecule has 1 unspecified atom stereocenters. The minimum Gasteiger partial charge on any atom is -0.343 e. The van der Waals surface area contributed by atoms with Crippen LogP contribution in [-0.4, -0.2) is 23.9 Å². The fourth-order valence-electron chi connectivity index (χ4n) is 1.50. The Morgan fingerprint density at radius 3 is 2.25 bits per heavy atom. The zero-order valence-electron chi connectivity index (χ0n) is 8.76. The molecular weight excluding hydrogens is 150 g/mol. The van der Waals surface area contributed by atoms with Gasteiger partial charge in [0, 0.05) is 19.0 Å². The number of carbonyl (C=O) groups excluding carboxylic acids is 1. The molecule has 0 saturated carbocycles. The molecule has 1 saturated heterocycles. The zero-order chi connectivity index (χ0) is 9.56. The molecule has 1 aliphatic heterocycles. The Bertz CT molecular complexity index is 120. The number of likely N-dealkylation sites (tertiary alicyclic amines) is 1. The number of carbonyl (C=O) groups is 1. The molecule has 0 bridgehead atoms. The molecule has 0 N–H and O–H groups in total. The first kappa shape index (κ1) is 11.5. The van der Waals surface area contributed by atoms with Gasteiger partial charge in [-0.3, -0.25) is 4.79 Å². The fraction of sp³-hybridized carbons (Fsp3) is 0.900. The Labute approximate surface area is 75.9 Å². The van der Waals surface area contributed by atoms with E-state index in [1.807, 2.05) is 25.7 Å². The van der Waals surface area contributed by atoms with Gasteiger partial charge in [0.1, 0.15) is 0 Å². The molecule has 2 nitrogen and oxygen atoms in total. The van der Waals surface area contributed by atoms with Crippen LogP contribution in [0.3, 0.4) is 0 Å². The third-order valence-electron chi connectivity index (χ3n) is 2.28. The number of hydrogen-bond acceptors (Lipinski definition) is 1. The van der Waals surface area contributed by atoms with Crippen molar-refractivity contribution >= 4 is 5.91 Å². The van der Waals surface area contributed by atoms with Crippen molar-refractivity contribution in [3.63, 3.8) is 0 Å². The lowest BCUT2D eigenvalue weighted by Crippen LogP contribution is -2.26. The maximum Gasteiger partial charge on any atom is 0.225 e. The second kappa shape index (κ2) is 6.04. The largest absolute Gasteiger partial charge is 0.343 e. The Morgan fingerprint density at radius 1 is 1.42 bits per heavy atom. The fourth-order valence-corrected chi connectivity index (χ4v) is 1.50. The van der Waals surface area contributed by atoms with Crippen LogP contribution < -0.4 is 0 Å². The summed E-state index contributed by atoms with van der Waals surface area (Å²) in [4.78, 5) is 13.2. The molecule has 1 heterocycles. The summed E-state index contributed by atoms with van der Waals surface area (Å²) in [7, 11) is 0. The van der Waals surface area contributed by atoms with Crippen LogP contribution in [0.2, 0.25) is 0 Å². The van der Waals surface area contributed by atoms with Gasteiger partial charge in [-0.2, -0.15) is 0 Å². The highest BCUT2D eigenvalue weighted by Crippen LogP contribution is 2.19. The smallest absolute Gasteiger partial charge is 0.225 e. The molecule has 0 aromatic rings. The lowest BCUT2D eigenvalue weighted by molar-refractivity contribution is -0.130. The maximum absolute atomic E-state index is 11.3. The number of amides is 1. The van der Waals surface area contributed by atoms with Crippen molar-refractivity contribution in [2.45, 2.75) is 40.5 Å². The van der Waals surface area contributed by atoms with Gasteiger partial charge in [-0.05, 0) is 19.8 Å². The molecule has 1 fully saturated rings. The van der Waals surface area contributed by atoms with E-state index in [4.69, 9.17) is 0 Å². The van der Waals surface area contributed by atoms with Crippen LogP contribution in [-0.2, 0) is 4.79 Å². The highest BCUT2D eigenvalue weighted by Gasteiger charge is 2.28. The third kappa shape index (κ3) is 2.50. The summed E-state index contributed by atoms with van der Waals surface area (Å²) in [6.45, 7) is 9.99. The SMILES string of the molecule is CC.CCC1CCN(CC)C1=O. The molecule has 0 spiro atoms. The molecule has 1 amide bonds. The van der Waals surface area contributed by atoms with Crippen molar-refractivity contribution < 1.29 is 4.79 Å². The minimum atomic E-state index is 0.333. The summed E-state index contributed by atoms with van der Waals surface area (Å²) in [6.07, 6.45) is 2.08. The maximum atomic E-state index is 11.3. The first-order valence-corrected chi connectivity index (χ1v) is 5.08. The quantitative estimate of drug-likeness (QED) is 0.624. The van der Waals surface area contributed by atoms with Gasteiger partial charge in [0.05, 0.1) is 0 Å². The van der Waals surface area contributed by atoms with Crippen LogP contribution in [0.15, 0.2) is 0 Å². The van der Waals surface area contributed by atoms with Crippen LogP contribution in [0.1, 0.15) is 40.5 Å². The summed E-state index contributed by atoms with van der Waals surface area (Å²) in [6, 6.07) is 0. The topological polar surface area (TPSA) is 20.3 Å². The molecule has 12 heavy (non-hydrogen) atoms. The highest BCUT2D eigenvalue weighted by molar-refractivity contribution is 5.80. The summed E-state index contributed by atoms with van der Waals surface area (Å²) in [5, 5.41) is 0. The first-order chi connectivity index (χ1) is 5.79. The average Bonchev–Trinajstić information content (AvgIpc) is 2.49. The number of hydrogen-bond donors (Lipinski definition) is 0. The summed E-state index contributed by atoms with van der Waals surface area (Å²) < 4.78 is 0. The minimum absolute atomic E-state index is 0.333. The van der Waals surface area contributed by atoms with Gasteiger partial charge in [-0.25, -0.2) is 0 Å². The van der Waals surface area contributed by atoms with E-state index in [-0.39, 0.29) is 0 Å². The van der Waals surface area contributed by atoms with Gasteiger partial charge >= 0.3 is 0 Å². The van der Waals surface area contributed by atoms with Crippen molar-refractivity contribution in [2.75, 3.05) is 13.1 Å². The van der Waals surface area contributed by atoms with Crippen LogP contribution >= 0.6 is 0 Å². The third-order valence-corrected chi connectivity index (χ3v) is 2.28. The Morgan fingerprint density at radius 2 is 2.00 bits per heavy atom. The van der Waals surface area contributed by atoms with Crippen molar-refractivity contribution in [2.24, 2.45) is 5.92 Å². The molecule has 1 aliphatic rings. The summed E-state index contributed by atoms with van der Waals surface area (Å²) in [5.74, 6) is 0.699. The van der Waals surface area contributed by atoms with E-state index in [1.165, 1.54) is 0 Å². The molecular formula is C10H21NO. The lowest BCUT2D eigenvalue weighted by atomic mass is 10.1. The van der Waals surface area contributed by atoms with E-state index in [1.54, 1.807) is 0 Å². The molecule has 2 heteroatoms. The molecule has 0 aromatic heterocycles.